The number of nitrogens with one attached hydrogen (secondary N) is 1. The first kappa shape index (κ1) is 17.5. The van der Waals surface area contributed by atoms with Gasteiger partial charge in [-0.2, -0.15) is 0 Å². The number of hydrogen-bond donors (Lipinski definition) is 1. The quantitative estimate of drug-likeness (QED) is 0.846. The Bertz CT molecular complexity index is 493. The summed E-state index contributed by atoms with van der Waals surface area (Å²) in [6, 6.07) is 2.30. The molecule has 22 heavy (non-hydrogen) atoms. The monoisotopic (exact) mass is 323 g/mol. The third kappa shape index (κ3) is 4.11. The highest BCUT2D eigenvalue weighted by Crippen LogP contribution is 2.26. The predicted molar refractivity (Wildman–Crippen MR) is 92.7 cm³/mol. The van der Waals surface area contributed by atoms with Gasteiger partial charge in [0, 0.05) is 17.5 Å². The van der Waals surface area contributed by atoms with E-state index in [-0.39, 0.29) is 11.9 Å². The van der Waals surface area contributed by atoms with Crippen LogP contribution < -0.4 is 5.32 Å². The van der Waals surface area contributed by atoms with Crippen molar-refractivity contribution in [2.45, 2.75) is 71.9 Å². The van der Waals surface area contributed by atoms with E-state index in [0.29, 0.717) is 12.0 Å². The van der Waals surface area contributed by atoms with Gasteiger partial charge in [0.15, 0.2) is 0 Å². The van der Waals surface area contributed by atoms with E-state index in [0.717, 1.165) is 43.6 Å². The molecule has 2 heterocycles. The highest BCUT2D eigenvalue weighted by Gasteiger charge is 2.28. The van der Waals surface area contributed by atoms with Gasteiger partial charge in [-0.25, -0.2) is 0 Å². The summed E-state index contributed by atoms with van der Waals surface area (Å²) in [5.41, 5.74) is 1.29. The highest BCUT2D eigenvalue weighted by molar-refractivity contribution is 7.14. The SMILES string of the molecule is CCc1cc(C(=O)NC2CCOC(C(CC)CC)C2)sc1C. The third-order valence-corrected chi connectivity index (χ3v) is 5.94. The van der Waals surface area contributed by atoms with Crippen LogP contribution in [0, 0.1) is 12.8 Å². The summed E-state index contributed by atoms with van der Waals surface area (Å²) < 4.78 is 5.93. The average molecular weight is 324 g/mol. The van der Waals surface area contributed by atoms with Crippen molar-refractivity contribution in [2.75, 3.05) is 6.61 Å². The Morgan fingerprint density at radius 2 is 2.14 bits per heavy atom. The second-order valence-corrected chi connectivity index (χ2v) is 7.48. The number of ether oxygens (including phenoxy) is 1. The van der Waals surface area contributed by atoms with Crippen LogP contribution in [0.25, 0.3) is 0 Å². The second kappa shape index (κ2) is 8.11. The topological polar surface area (TPSA) is 38.3 Å². The molecule has 1 aromatic heterocycles. The number of carbonyl (C=O) groups is 1. The summed E-state index contributed by atoms with van der Waals surface area (Å²) in [4.78, 5) is 14.6. The molecule has 124 valence electrons. The molecule has 0 radical (unpaired) electrons. The molecule has 0 saturated carbocycles. The molecule has 1 saturated heterocycles. The van der Waals surface area contributed by atoms with Crippen LogP contribution >= 0.6 is 11.3 Å². The van der Waals surface area contributed by atoms with Gasteiger partial charge in [0.05, 0.1) is 11.0 Å². The highest BCUT2D eigenvalue weighted by atomic mass is 32.1. The second-order valence-electron chi connectivity index (χ2n) is 6.23. The van der Waals surface area contributed by atoms with Gasteiger partial charge in [-0.05, 0) is 43.7 Å². The Morgan fingerprint density at radius 3 is 2.73 bits per heavy atom. The van der Waals surface area contributed by atoms with Crippen molar-refractivity contribution in [3.05, 3.63) is 21.4 Å². The van der Waals surface area contributed by atoms with Crippen LogP contribution in [0.4, 0.5) is 0 Å². The Balaban J connectivity index is 1.95. The summed E-state index contributed by atoms with van der Waals surface area (Å²) in [6.45, 7) is 9.43. The Labute approximate surface area is 138 Å². The summed E-state index contributed by atoms with van der Waals surface area (Å²) >= 11 is 1.61. The molecule has 0 aliphatic carbocycles. The predicted octanol–water partition coefficient (Wildman–Crippen LogP) is 4.33. The lowest BCUT2D eigenvalue weighted by atomic mass is 9.89. The molecule has 1 aromatic rings. The molecular weight excluding hydrogens is 294 g/mol. The van der Waals surface area contributed by atoms with Gasteiger partial charge in [0.2, 0.25) is 0 Å². The zero-order chi connectivity index (χ0) is 16.1. The molecule has 1 aliphatic heterocycles. The van der Waals surface area contributed by atoms with E-state index in [2.05, 4.69) is 33.0 Å². The van der Waals surface area contributed by atoms with Gasteiger partial charge in [-0.3, -0.25) is 4.79 Å². The van der Waals surface area contributed by atoms with Crippen LogP contribution in [0.15, 0.2) is 6.07 Å². The number of thiophene rings is 1. The van der Waals surface area contributed by atoms with E-state index in [1.165, 1.54) is 10.4 Å². The summed E-state index contributed by atoms with van der Waals surface area (Å²) in [5.74, 6) is 0.693. The van der Waals surface area contributed by atoms with Crippen molar-refractivity contribution in [1.29, 1.82) is 0 Å². The van der Waals surface area contributed by atoms with Crippen LogP contribution in [-0.4, -0.2) is 24.7 Å². The van der Waals surface area contributed by atoms with Crippen molar-refractivity contribution in [3.63, 3.8) is 0 Å². The van der Waals surface area contributed by atoms with E-state index in [4.69, 9.17) is 4.74 Å². The maximum absolute atomic E-state index is 12.5. The first-order chi connectivity index (χ1) is 10.6. The third-order valence-electron chi connectivity index (χ3n) is 4.85. The summed E-state index contributed by atoms with van der Waals surface area (Å²) in [7, 11) is 0. The first-order valence-electron chi connectivity index (χ1n) is 8.60. The van der Waals surface area contributed by atoms with Crippen LogP contribution in [0.1, 0.15) is 66.6 Å². The molecule has 2 atom stereocenters. The molecule has 2 unspecified atom stereocenters. The van der Waals surface area contributed by atoms with E-state index in [1.807, 2.05) is 6.07 Å². The van der Waals surface area contributed by atoms with E-state index in [1.54, 1.807) is 11.3 Å². The molecule has 0 aromatic carbocycles. The lowest BCUT2D eigenvalue weighted by molar-refractivity contribution is -0.0337. The maximum Gasteiger partial charge on any atom is 0.261 e. The van der Waals surface area contributed by atoms with Gasteiger partial charge in [-0.15, -0.1) is 11.3 Å². The molecule has 1 aliphatic rings. The molecule has 1 N–H and O–H groups in total. The Hall–Kier alpha value is -0.870. The maximum atomic E-state index is 12.5. The minimum Gasteiger partial charge on any atom is -0.378 e. The molecule has 4 heteroatoms. The molecule has 0 bridgehead atoms. The fourth-order valence-corrected chi connectivity index (χ4v) is 4.36. The molecule has 1 amide bonds. The van der Waals surface area contributed by atoms with Crippen molar-refractivity contribution < 1.29 is 9.53 Å². The van der Waals surface area contributed by atoms with Gasteiger partial charge in [0.25, 0.3) is 5.91 Å². The first-order valence-corrected chi connectivity index (χ1v) is 9.42. The fourth-order valence-electron chi connectivity index (χ4n) is 3.34. The molecule has 1 fully saturated rings. The largest absolute Gasteiger partial charge is 0.378 e. The average Bonchev–Trinajstić information content (AvgIpc) is 2.90. The molecule has 0 spiro atoms. The number of hydrogen-bond acceptors (Lipinski definition) is 3. The Morgan fingerprint density at radius 1 is 1.41 bits per heavy atom. The Kier molecular flexibility index (Phi) is 6.45. The van der Waals surface area contributed by atoms with E-state index in [9.17, 15) is 4.79 Å². The van der Waals surface area contributed by atoms with Crippen molar-refractivity contribution in [1.82, 2.24) is 5.32 Å². The normalized spacial score (nSPS) is 22.0. The van der Waals surface area contributed by atoms with Gasteiger partial charge in [0.1, 0.15) is 0 Å². The number of rotatable bonds is 6. The molecular formula is C18H29NO2S. The zero-order valence-corrected chi connectivity index (χ0v) is 15.1. The van der Waals surface area contributed by atoms with Crippen molar-refractivity contribution >= 4 is 17.2 Å². The van der Waals surface area contributed by atoms with Gasteiger partial charge in [-0.1, -0.05) is 33.6 Å². The number of amides is 1. The summed E-state index contributed by atoms with van der Waals surface area (Å²) in [6.07, 6.45) is 5.45. The van der Waals surface area contributed by atoms with Crippen molar-refractivity contribution in [2.24, 2.45) is 5.92 Å². The van der Waals surface area contributed by atoms with Crippen molar-refractivity contribution in [3.8, 4) is 0 Å². The summed E-state index contributed by atoms with van der Waals surface area (Å²) in [5, 5.41) is 3.22. The lowest BCUT2D eigenvalue weighted by Crippen LogP contribution is -2.43. The van der Waals surface area contributed by atoms with Gasteiger partial charge >= 0.3 is 0 Å². The standard InChI is InChI=1S/C18H29NO2S/c1-5-13(6-2)16-11-15(8-9-21-16)19-18(20)17-10-14(7-3)12(4)22-17/h10,13,15-16H,5-9,11H2,1-4H3,(H,19,20). The van der Waals surface area contributed by atoms with Crippen LogP contribution in [0.3, 0.4) is 0 Å². The number of carbonyl (C=O) groups excluding carboxylic acids is 1. The van der Waals surface area contributed by atoms with Gasteiger partial charge < -0.3 is 10.1 Å². The zero-order valence-electron chi connectivity index (χ0n) is 14.3. The van der Waals surface area contributed by atoms with Crippen LogP contribution in [0.5, 0.6) is 0 Å². The fraction of sp³-hybridized carbons (Fsp3) is 0.722. The van der Waals surface area contributed by atoms with E-state index < -0.39 is 0 Å². The van der Waals surface area contributed by atoms with Crippen LogP contribution in [-0.2, 0) is 11.2 Å². The minimum atomic E-state index is 0.0861. The number of aryl methyl sites for hydroxylation is 2. The van der Waals surface area contributed by atoms with E-state index >= 15 is 0 Å². The van der Waals surface area contributed by atoms with Crippen LogP contribution in [0.2, 0.25) is 0 Å². The lowest BCUT2D eigenvalue weighted by Gasteiger charge is -2.34. The molecule has 2 rings (SSSR count). The minimum absolute atomic E-state index is 0.0861. The smallest absolute Gasteiger partial charge is 0.261 e. The molecule has 3 nitrogen and oxygen atoms in total.